The summed E-state index contributed by atoms with van der Waals surface area (Å²) >= 11 is 6.30. The zero-order valence-electron chi connectivity index (χ0n) is 10.2. The molecule has 0 amide bonds. The molecule has 0 radical (unpaired) electrons. The summed E-state index contributed by atoms with van der Waals surface area (Å²) in [5, 5.41) is -0.606. The number of hydrogen-bond acceptors (Lipinski definition) is 0. The van der Waals surface area contributed by atoms with Crippen LogP contribution < -0.4 is 0 Å². The van der Waals surface area contributed by atoms with Gasteiger partial charge in [-0.3, -0.25) is 0 Å². The van der Waals surface area contributed by atoms with E-state index in [0.717, 1.165) is 22.8 Å². The number of alkyl halides is 1. The van der Waals surface area contributed by atoms with Crippen LogP contribution in [-0.4, -0.2) is 0 Å². The summed E-state index contributed by atoms with van der Waals surface area (Å²) in [7, 11) is 0. The van der Waals surface area contributed by atoms with Crippen molar-refractivity contribution in [3.8, 4) is 0 Å². The Morgan fingerprint density at radius 2 is 1.67 bits per heavy atom. The molecule has 0 aliphatic heterocycles. The molecule has 0 nitrogen and oxygen atoms in total. The topological polar surface area (TPSA) is 0 Å². The van der Waals surface area contributed by atoms with Crippen molar-refractivity contribution >= 4 is 11.6 Å². The minimum Gasteiger partial charge on any atom is -0.207 e. The monoisotopic (exact) mass is 266 g/mol. The lowest BCUT2D eigenvalue weighted by molar-refractivity contribution is 0.573. The van der Waals surface area contributed by atoms with Crippen LogP contribution in [-0.2, 0) is 0 Å². The molecule has 0 bridgehead atoms. The quantitative estimate of drug-likeness (QED) is 0.678. The molecule has 3 heteroatoms. The van der Waals surface area contributed by atoms with Crippen LogP contribution in [0.15, 0.2) is 36.4 Å². The van der Waals surface area contributed by atoms with Gasteiger partial charge < -0.3 is 0 Å². The minimum absolute atomic E-state index is 0.298. The van der Waals surface area contributed by atoms with Gasteiger partial charge in [-0.1, -0.05) is 29.8 Å². The van der Waals surface area contributed by atoms with E-state index in [9.17, 15) is 8.78 Å². The summed E-state index contributed by atoms with van der Waals surface area (Å²) in [5.74, 6) is -1.21. The number of aryl methyl sites for hydroxylation is 2. The van der Waals surface area contributed by atoms with Gasteiger partial charge in [-0.05, 0) is 31.0 Å². The van der Waals surface area contributed by atoms with E-state index < -0.39 is 17.0 Å². The van der Waals surface area contributed by atoms with Gasteiger partial charge in [0.05, 0.1) is 5.38 Å². The summed E-state index contributed by atoms with van der Waals surface area (Å²) in [6.45, 7) is 3.87. The molecule has 0 aliphatic carbocycles. The molecule has 0 spiro atoms. The maximum atomic E-state index is 13.7. The van der Waals surface area contributed by atoms with Crippen LogP contribution in [0.5, 0.6) is 0 Å². The Hall–Kier alpha value is -1.41. The summed E-state index contributed by atoms with van der Waals surface area (Å²) < 4.78 is 26.6. The van der Waals surface area contributed by atoms with Gasteiger partial charge in [-0.25, -0.2) is 8.78 Å². The van der Waals surface area contributed by atoms with E-state index in [1.807, 2.05) is 32.0 Å². The maximum absolute atomic E-state index is 13.7. The second kappa shape index (κ2) is 5.07. The van der Waals surface area contributed by atoms with E-state index >= 15 is 0 Å². The van der Waals surface area contributed by atoms with Crippen molar-refractivity contribution in [3.63, 3.8) is 0 Å². The van der Waals surface area contributed by atoms with Crippen LogP contribution in [0, 0.1) is 25.5 Å². The minimum atomic E-state index is -0.615. The molecule has 0 heterocycles. The first-order valence-corrected chi connectivity index (χ1v) is 6.09. The van der Waals surface area contributed by atoms with E-state index in [2.05, 4.69) is 0 Å². The van der Waals surface area contributed by atoms with E-state index in [4.69, 9.17) is 11.6 Å². The molecule has 2 aromatic rings. The first-order valence-electron chi connectivity index (χ1n) is 5.65. The predicted molar refractivity (Wildman–Crippen MR) is 70.0 cm³/mol. The summed E-state index contributed by atoms with van der Waals surface area (Å²) in [6.07, 6.45) is 0. The fourth-order valence-corrected chi connectivity index (χ4v) is 2.32. The second-order valence-electron chi connectivity index (χ2n) is 4.39. The molecule has 0 N–H and O–H groups in total. The van der Waals surface area contributed by atoms with E-state index in [0.29, 0.717) is 5.56 Å². The summed E-state index contributed by atoms with van der Waals surface area (Å²) in [4.78, 5) is 0. The molecule has 1 unspecified atom stereocenters. The Bertz CT molecular complexity index is 579. The highest BCUT2D eigenvalue weighted by Crippen LogP contribution is 2.33. The highest BCUT2D eigenvalue weighted by molar-refractivity contribution is 6.22. The molecular weight excluding hydrogens is 254 g/mol. The molecular formula is C15H13ClF2. The van der Waals surface area contributed by atoms with Crippen molar-refractivity contribution in [2.45, 2.75) is 19.2 Å². The van der Waals surface area contributed by atoms with Crippen molar-refractivity contribution in [2.24, 2.45) is 0 Å². The van der Waals surface area contributed by atoms with Crippen LogP contribution in [0.25, 0.3) is 0 Å². The van der Waals surface area contributed by atoms with Crippen molar-refractivity contribution in [2.75, 3.05) is 0 Å². The Morgan fingerprint density at radius 3 is 2.33 bits per heavy atom. The fraction of sp³-hybridized carbons (Fsp3) is 0.200. The first-order chi connectivity index (χ1) is 8.49. The largest absolute Gasteiger partial charge is 0.207 e. The van der Waals surface area contributed by atoms with Crippen molar-refractivity contribution in [3.05, 3.63) is 70.3 Å². The van der Waals surface area contributed by atoms with Crippen LogP contribution in [0.1, 0.15) is 27.6 Å². The Labute approximate surface area is 110 Å². The van der Waals surface area contributed by atoms with Gasteiger partial charge in [-0.2, -0.15) is 0 Å². The third-order valence-electron chi connectivity index (χ3n) is 2.94. The van der Waals surface area contributed by atoms with Gasteiger partial charge in [0.25, 0.3) is 0 Å². The Kier molecular flexibility index (Phi) is 3.67. The van der Waals surface area contributed by atoms with Crippen LogP contribution >= 0.6 is 11.6 Å². The van der Waals surface area contributed by atoms with Crippen LogP contribution in [0.2, 0.25) is 0 Å². The SMILES string of the molecule is Cc1ccc(C)c(C(Cl)c2ccc(F)cc2F)c1. The normalized spacial score (nSPS) is 12.5. The van der Waals surface area contributed by atoms with Gasteiger partial charge in [-0.15, -0.1) is 11.6 Å². The zero-order chi connectivity index (χ0) is 13.3. The van der Waals surface area contributed by atoms with Gasteiger partial charge in [0.1, 0.15) is 11.6 Å². The second-order valence-corrected chi connectivity index (χ2v) is 4.82. The Morgan fingerprint density at radius 1 is 0.944 bits per heavy atom. The lowest BCUT2D eigenvalue weighted by Gasteiger charge is -2.15. The zero-order valence-corrected chi connectivity index (χ0v) is 10.9. The molecule has 2 rings (SSSR count). The Balaban J connectivity index is 2.47. The number of benzene rings is 2. The summed E-state index contributed by atoms with van der Waals surface area (Å²) in [5.41, 5.74) is 3.20. The highest BCUT2D eigenvalue weighted by Gasteiger charge is 2.17. The van der Waals surface area contributed by atoms with Gasteiger partial charge in [0, 0.05) is 11.6 Å². The molecule has 2 aromatic carbocycles. The molecule has 0 aromatic heterocycles. The van der Waals surface area contributed by atoms with Crippen LogP contribution in [0.4, 0.5) is 8.78 Å². The van der Waals surface area contributed by atoms with E-state index in [1.165, 1.54) is 12.1 Å². The van der Waals surface area contributed by atoms with Crippen LogP contribution in [0.3, 0.4) is 0 Å². The van der Waals surface area contributed by atoms with Crippen molar-refractivity contribution in [1.29, 1.82) is 0 Å². The predicted octanol–water partition coefficient (Wildman–Crippen LogP) is 4.91. The molecule has 1 atom stereocenters. The molecule has 0 saturated carbocycles. The summed E-state index contributed by atoms with van der Waals surface area (Å²) in [6, 6.07) is 9.32. The number of halogens is 3. The highest BCUT2D eigenvalue weighted by atomic mass is 35.5. The van der Waals surface area contributed by atoms with Crippen molar-refractivity contribution in [1.82, 2.24) is 0 Å². The first kappa shape index (κ1) is 13.0. The van der Waals surface area contributed by atoms with Gasteiger partial charge in [0.2, 0.25) is 0 Å². The number of rotatable bonds is 2. The molecule has 0 saturated heterocycles. The smallest absolute Gasteiger partial charge is 0.131 e. The third-order valence-corrected chi connectivity index (χ3v) is 3.41. The fourth-order valence-electron chi connectivity index (χ4n) is 1.91. The average molecular weight is 267 g/mol. The molecule has 0 fully saturated rings. The lowest BCUT2D eigenvalue weighted by Crippen LogP contribution is -2.00. The third kappa shape index (κ3) is 2.54. The van der Waals surface area contributed by atoms with Gasteiger partial charge >= 0.3 is 0 Å². The molecule has 0 aliphatic rings. The number of hydrogen-bond donors (Lipinski definition) is 0. The van der Waals surface area contributed by atoms with E-state index in [1.54, 1.807) is 0 Å². The standard InChI is InChI=1S/C15H13ClF2/c1-9-3-4-10(2)13(7-9)15(16)12-6-5-11(17)8-14(12)18/h3-8,15H,1-2H3. The maximum Gasteiger partial charge on any atom is 0.131 e. The van der Waals surface area contributed by atoms with Crippen molar-refractivity contribution < 1.29 is 8.78 Å². The van der Waals surface area contributed by atoms with Gasteiger partial charge in [0.15, 0.2) is 0 Å². The van der Waals surface area contributed by atoms with E-state index in [-0.39, 0.29) is 0 Å². The average Bonchev–Trinajstić information content (AvgIpc) is 2.31. The molecule has 18 heavy (non-hydrogen) atoms. The lowest BCUT2D eigenvalue weighted by atomic mass is 9.98. The molecule has 94 valence electrons.